The fraction of sp³-hybridized carbons (Fsp3) is 0.211. The molecule has 1 saturated heterocycles. The number of aromatic amines is 1. The van der Waals surface area contributed by atoms with Gasteiger partial charge in [-0.25, -0.2) is 14.5 Å². The smallest absolute Gasteiger partial charge is 0.348 e. The van der Waals surface area contributed by atoms with Crippen LogP contribution in [0, 0.1) is 0 Å². The molecule has 1 aliphatic rings. The molecule has 7 nitrogen and oxygen atoms in total. The number of likely N-dealkylation sites (tertiary alicyclic amines) is 1. The van der Waals surface area contributed by atoms with Crippen LogP contribution in [0.2, 0.25) is 0 Å². The largest absolute Gasteiger partial charge is 0.455 e. The standard InChI is InChI=1S/C19H18N4O3/c1-22-12-13(11-17(22)24)18-20-21-19(25)23(18)15-9-5-6-10-16(15)26-14-7-3-2-4-8-14/h2-10,13H,11-12H2,1H3,(H,21,25). The summed E-state index contributed by atoms with van der Waals surface area (Å²) in [7, 11) is 1.75. The molecule has 1 N–H and O–H groups in total. The summed E-state index contributed by atoms with van der Waals surface area (Å²) >= 11 is 0. The maximum Gasteiger partial charge on any atom is 0.348 e. The van der Waals surface area contributed by atoms with Gasteiger partial charge in [0.15, 0.2) is 5.75 Å². The van der Waals surface area contributed by atoms with Crippen LogP contribution < -0.4 is 10.4 Å². The zero-order valence-corrected chi connectivity index (χ0v) is 14.3. The summed E-state index contributed by atoms with van der Waals surface area (Å²) in [6.45, 7) is 0.533. The second kappa shape index (κ2) is 6.51. The number of benzene rings is 2. The molecule has 0 aliphatic carbocycles. The van der Waals surface area contributed by atoms with Crippen molar-refractivity contribution in [3.8, 4) is 17.2 Å². The fourth-order valence-corrected chi connectivity index (χ4v) is 3.20. The molecule has 2 heterocycles. The minimum absolute atomic E-state index is 0.0471. The van der Waals surface area contributed by atoms with Crippen molar-refractivity contribution in [2.24, 2.45) is 0 Å². The minimum Gasteiger partial charge on any atom is -0.455 e. The molecule has 1 unspecified atom stereocenters. The molecule has 1 atom stereocenters. The van der Waals surface area contributed by atoms with E-state index in [2.05, 4.69) is 10.2 Å². The summed E-state index contributed by atoms with van der Waals surface area (Å²) in [5, 5.41) is 6.69. The van der Waals surface area contributed by atoms with E-state index >= 15 is 0 Å². The van der Waals surface area contributed by atoms with Gasteiger partial charge in [0.05, 0.1) is 5.69 Å². The zero-order chi connectivity index (χ0) is 18.1. The molecule has 1 aliphatic heterocycles. The molecular formula is C19H18N4O3. The van der Waals surface area contributed by atoms with Crippen LogP contribution in [-0.2, 0) is 4.79 Å². The van der Waals surface area contributed by atoms with Crippen LogP contribution in [-0.4, -0.2) is 39.2 Å². The van der Waals surface area contributed by atoms with Gasteiger partial charge in [0.25, 0.3) is 0 Å². The predicted molar refractivity (Wildman–Crippen MR) is 95.7 cm³/mol. The maximum absolute atomic E-state index is 12.5. The van der Waals surface area contributed by atoms with Gasteiger partial charge in [-0.1, -0.05) is 30.3 Å². The third-order valence-electron chi connectivity index (χ3n) is 4.48. The Bertz CT molecular complexity index is 993. The van der Waals surface area contributed by atoms with Crippen molar-refractivity contribution in [2.75, 3.05) is 13.6 Å². The van der Waals surface area contributed by atoms with Crippen LogP contribution in [0.5, 0.6) is 11.5 Å². The van der Waals surface area contributed by atoms with Gasteiger partial charge >= 0.3 is 5.69 Å². The highest BCUT2D eigenvalue weighted by Gasteiger charge is 2.32. The third kappa shape index (κ3) is 2.88. The molecule has 3 aromatic rings. The molecule has 132 valence electrons. The average Bonchev–Trinajstić information content (AvgIpc) is 3.19. The van der Waals surface area contributed by atoms with Gasteiger partial charge in [-0.15, -0.1) is 0 Å². The molecule has 4 rings (SSSR count). The van der Waals surface area contributed by atoms with E-state index in [1.54, 1.807) is 24.1 Å². The summed E-state index contributed by atoms with van der Waals surface area (Å²) in [6, 6.07) is 16.7. The molecule has 0 radical (unpaired) electrons. The number of amides is 1. The van der Waals surface area contributed by atoms with Crippen molar-refractivity contribution in [3.05, 3.63) is 70.9 Å². The minimum atomic E-state index is -0.355. The first-order valence-electron chi connectivity index (χ1n) is 8.37. The molecule has 1 aromatic heterocycles. The number of para-hydroxylation sites is 3. The van der Waals surface area contributed by atoms with Gasteiger partial charge in [-0.3, -0.25) is 4.79 Å². The van der Waals surface area contributed by atoms with Crippen LogP contribution in [0.1, 0.15) is 18.2 Å². The van der Waals surface area contributed by atoms with Crippen LogP contribution in [0.25, 0.3) is 5.69 Å². The summed E-state index contributed by atoms with van der Waals surface area (Å²) in [5.41, 5.74) is 0.234. The third-order valence-corrected chi connectivity index (χ3v) is 4.48. The molecule has 0 spiro atoms. The van der Waals surface area contributed by atoms with E-state index in [9.17, 15) is 9.59 Å². The Labute approximate surface area is 149 Å². The molecule has 0 saturated carbocycles. The number of carbonyl (C=O) groups is 1. The molecule has 1 amide bonds. The van der Waals surface area contributed by atoms with E-state index < -0.39 is 0 Å². The summed E-state index contributed by atoms with van der Waals surface area (Å²) in [4.78, 5) is 26.0. The quantitative estimate of drug-likeness (QED) is 0.783. The normalized spacial score (nSPS) is 16.9. The van der Waals surface area contributed by atoms with Gasteiger partial charge in [0.2, 0.25) is 5.91 Å². The second-order valence-corrected chi connectivity index (χ2v) is 6.28. The molecule has 26 heavy (non-hydrogen) atoms. The van der Waals surface area contributed by atoms with Crippen LogP contribution in [0.4, 0.5) is 0 Å². The molecule has 1 fully saturated rings. The van der Waals surface area contributed by atoms with Crippen molar-refractivity contribution >= 4 is 5.91 Å². The number of likely N-dealkylation sites (N-methyl/N-ethyl adjacent to an activating group) is 1. The Morgan fingerprint density at radius 1 is 1.08 bits per heavy atom. The van der Waals surface area contributed by atoms with Crippen molar-refractivity contribution in [3.63, 3.8) is 0 Å². The number of carbonyl (C=O) groups excluding carboxylic acids is 1. The number of ether oxygens (including phenoxy) is 1. The highest BCUT2D eigenvalue weighted by atomic mass is 16.5. The number of aromatic nitrogens is 3. The number of hydrogen-bond donors (Lipinski definition) is 1. The lowest BCUT2D eigenvalue weighted by molar-refractivity contribution is -0.126. The van der Waals surface area contributed by atoms with Gasteiger partial charge < -0.3 is 9.64 Å². The second-order valence-electron chi connectivity index (χ2n) is 6.28. The Morgan fingerprint density at radius 2 is 1.81 bits per heavy atom. The Morgan fingerprint density at radius 3 is 2.54 bits per heavy atom. The lowest BCUT2D eigenvalue weighted by Crippen LogP contribution is -2.21. The van der Waals surface area contributed by atoms with Crippen LogP contribution >= 0.6 is 0 Å². The number of nitrogens with one attached hydrogen (secondary N) is 1. The van der Waals surface area contributed by atoms with Gasteiger partial charge in [-0.2, -0.15) is 5.10 Å². The van der Waals surface area contributed by atoms with Crippen molar-refractivity contribution in [1.29, 1.82) is 0 Å². The van der Waals surface area contributed by atoms with Crippen molar-refractivity contribution < 1.29 is 9.53 Å². The average molecular weight is 350 g/mol. The first-order chi connectivity index (χ1) is 12.6. The Balaban J connectivity index is 1.76. The number of rotatable bonds is 4. The number of nitrogens with zero attached hydrogens (tertiary/aromatic N) is 3. The van der Waals surface area contributed by atoms with E-state index in [0.717, 1.165) is 0 Å². The van der Waals surface area contributed by atoms with Crippen LogP contribution in [0.15, 0.2) is 59.4 Å². The highest BCUT2D eigenvalue weighted by molar-refractivity contribution is 5.79. The number of hydrogen-bond acceptors (Lipinski definition) is 4. The Kier molecular flexibility index (Phi) is 4.04. The summed E-state index contributed by atoms with van der Waals surface area (Å²) < 4.78 is 7.46. The van der Waals surface area contributed by atoms with Crippen LogP contribution in [0.3, 0.4) is 0 Å². The number of H-pyrrole nitrogens is 1. The first-order valence-corrected chi connectivity index (χ1v) is 8.37. The molecule has 2 aromatic carbocycles. The lowest BCUT2D eigenvalue weighted by atomic mass is 10.1. The molecule has 7 heteroatoms. The molecule has 0 bridgehead atoms. The van der Waals surface area contributed by atoms with E-state index in [1.807, 2.05) is 42.5 Å². The van der Waals surface area contributed by atoms with E-state index in [-0.39, 0.29) is 17.5 Å². The maximum atomic E-state index is 12.5. The van der Waals surface area contributed by atoms with Gasteiger partial charge in [0.1, 0.15) is 11.6 Å². The summed E-state index contributed by atoms with van der Waals surface area (Å²) in [5.74, 6) is 1.66. The first kappa shape index (κ1) is 16.1. The SMILES string of the molecule is CN1CC(c2n[nH]c(=O)n2-c2ccccc2Oc2ccccc2)CC1=O. The fourth-order valence-electron chi connectivity index (χ4n) is 3.20. The molecular weight excluding hydrogens is 332 g/mol. The Hall–Kier alpha value is -3.35. The summed E-state index contributed by atoms with van der Waals surface area (Å²) in [6.07, 6.45) is 0.336. The van der Waals surface area contributed by atoms with E-state index in [4.69, 9.17) is 4.74 Å². The van der Waals surface area contributed by atoms with E-state index in [0.29, 0.717) is 36.0 Å². The van der Waals surface area contributed by atoms with Crippen molar-refractivity contribution in [2.45, 2.75) is 12.3 Å². The topological polar surface area (TPSA) is 80.2 Å². The lowest BCUT2D eigenvalue weighted by Gasteiger charge is -2.15. The van der Waals surface area contributed by atoms with Crippen molar-refractivity contribution in [1.82, 2.24) is 19.7 Å². The van der Waals surface area contributed by atoms with E-state index in [1.165, 1.54) is 4.57 Å². The van der Waals surface area contributed by atoms with Gasteiger partial charge in [-0.05, 0) is 24.3 Å². The van der Waals surface area contributed by atoms with Gasteiger partial charge in [0, 0.05) is 25.9 Å². The zero-order valence-electron chi connectivity index (χ0n) is 14.3. The predicted octanol–water partition coefficient (Wildman–Crippen LogP) is 2.30. The highest BCUT2D eigenvalue weighted by Crippen LogP contribution is 2.31. The monoisotopic (exact) mass is 350 g/mol.